The van der Waals surface area contributed by atoms with E-state index >= 15 is 0 Å². The van der Waals surface area contributed by atoms with E-state index in [1.165, 1.54) is 11.1 Å². The van der Waals surface area contributed by atoms with Crippen LogP contribution in [0.4, 0.5) is 0 Å². The zero-order valence-corrected chi connectivity index (χ0v) is 19.4. The van der Waals surface area contributed by atoms with Gasteiger partial charge < -0.3 is 9.47 Å². The fourth-order valence-corrected chi connectivity index (χ4v) is 4.30. The number of methoxy groups -OCH3 is 1. The number of benzene rings is 3. The van der Waals surface area contributed by atoms with Crippen LogP contribution in [0.3, 0.4) is 0 Å². The molecule has 0 atom stereocenters. The first-order valence-corrected chi connectivity index (χ1v) is 11.5. The Kier molecular flexibility index (Phi) is 8.07. The van der Waals surface area contributed by atoms with Gasteiger partial charge in [-0.1, -0.05) is 60.7 Å². The minimum atomic E-state index is -0.377. The molecule has 6 nitrogen and oxygen atoms in total. The highest BCUT2D eigenvalue weighted by atomic mass is 16.5. The van der Waals surface area contributed by atoms with E-state index in [4.69, 9.17) is 9.47 Å². The Morgan fingerprint density at radius 1 is 0.794 bits per heavy atom. The molecule has 0 unspecified atom stereocenters. The average molecular weight is 459 g/mol. The van der Waals surface area contributed by atoms with Crippen molar-refractivity contribution >= 4 is 11.8 Å². The lowest BCUT2D eigenvalue weighted by Gasteiger charge is -2.39. The molecule has 1 saturated heterocycles. The van der Waals surface area contributed by atoms with Crippen molar-refractivity contribution in [3.05, 3.63) is 102 Å². The summed E-state index contributed by atoms with van der Waals surface area (Å²) < 4.78 is 10.4. The van der Waals surface area contributed by atoms with Crippen LogP contribution in [0, 0.1) is 0 Å². The number of piperazine rings is 1. The van der Waals surface area contributed by atoms with E-state index in [1.54, 1.807) is 31.4 Å². The summed E-state index contributed by atoms with van der Waals surface area (Å²) in [7, 11) is 1.57. The topological polar surface area (TPSA) is 59.1 Å². The molecule has 3 aromatic rings. The summed E-state index contributed by atoms with van der Waals surface area (Å²) in [5.41, 5.74) is 3.02. The highest BCUT2D eigenvalue weighted by Crippen LogP contribution is 2.29. The lowest BCUT2D eigenvalue weighted by molar-refractivity contribution is -0.144. The van der Waals surface area contributed by atoms with Crippen molar-refractivity contribution in [2.24, 2.45) is 0 Å². The first kappa shape index (κ1) is 23.7. The van der Waals surface area contributed by atoms with Crippen molar-refractivity contribution in [3.8, 4) is 5.75 Å². The Labute approximate surface area is 200 Å². The van der Waals surface area contributed by atoms with Gasteiger partial charge in [-0.15, -0.1) is 0 Å². The van der Waals surface area contributed by atoms with Gasteiger partial charge in [-0.2, -0.15) is 0 Å². The second-order valence-corrected chi connectivity index (χ2v) is 8.35. The molecule has 34 heavy (non-hydrogen) atoms. The predicted octanol–water partition coefficient (Wildman–Crippen LogP) is 3.83. The third-order valence-corrected chi connectivity index (χ3v) is 6.13. The molecule has 0 spiro atoms. The first-order valence-electron chi connectivity index (χ1n) is 11.5. The van der Waals surface area contributed by atoms with Gasteiger partial charge in [0.2, 0.25) is 0 Å². The van der Waals surface area contributed by atoms with E-state index in [2.05, 4.69) is 58.3 Å². The zero-order chi connectivity index (χ0) is 23.8. The molecule has 3 aromatic carbocycles. The summed E-state index contributed by atoms with van der Waals surface area (Å²) >= 11 is 0. The van der Waals surface area contributed by atoms with Crippen LogP contribution in [0.1, 0.15) is 27.5 Å². The Hall–Kier alpha value is -3.48. The molecule has 4 rings (SSSR count). The minimum absolute atomic E-state index is 0.179. The minimum Gasteiger partial charge on any atom is -0.497 e. The van der Waals surface area contributed by atoms with Crippen LogP contribution in [-0.4, -0.2) is 68.0 Å². The molecule has 0 saturated carbocycles. The second kappa shape index (κ2) is 11.6. The van der Waals surface area contributed by atoms with Crippen molar-refractivity contribution in [2.75, 3.05) is 46.4 Å². The van der Waals surface area contributed by atoms with Crippen molar-refractivity contribution < 1.29 is 19.1 Å². The number of carbonyl (C=O) groups is 2. The molecule has 1 heterocycles. The lowest BCUT2D eigenvalue weighted by atomic mass is 9.96. The van der Waals surface area contributed by atoms with E-state index in [-0.39, 0.29) is 30.9 Å². The quantitative estimate of drug-likeness (QED) is 0.359. The molecular weight excluding hydrogens is 428 g/mol. The number of hydrogen-bond acceptors (Lipinski definition) is 6. The molecule has 6 heteroatoms. The van der Waals surface area contributed by atoms with Crippen molar-refractivity contribution in [1.29, 1.82) is 0 Å². The van der Waals surface area contributed by atoms with Gasteiger partial charge >= 0.3 is 5.97 Å². The monoisotopic (exact) mass is 458 g/mol. The first-order chi connectivity index (χ1) is 16.6. The highest BCUT2D eigenvalue weighted by Gasteiger charge is 2.27. The van der Waals surface area contributed by atoms with Crippen LogP contribution >= 0.6 is 0 Å². The van der Waals surface area contributed by atoms with Crippen LogP contribution in [0.5, 0.6) is 5.75 Å². The third-order valence-electron chi connectivity index (χ3n) is 6.13. The van der Waals surface area contributed by atoms with Gasteiger partial charge in [0.1, 0.15) is 5.75 Å². The second-order valence-electron chi connectivity index (χ2n) is 8.35. The summed E-state index contributed by atoms with van der Waals surface area (Å²) in [6.07, 6.45) is 0. The molecule has 0 aliphatic carbocycles. The van der Waals surface area contributed by atoms with Crippen LogP contribution in [-0.2, 0) is 9.53 Å². The predicted molar refractivity (Wildman–Crippen MR) is 131 cm³/mol. The lowest BCUT2D eigenvalue weighted by Crippen LogP contribution is -2.49. The van der Waals surface area contributed by atoms with Crippen LogP contribution < -0.4 is 4.74 Å². The van der Waals surface area contributed by atoms with Crippen molar-refractivity contribution in [1.82, 2.24) is 9.80 Å². The molecule has 1 aliphatic rings. The fraction of sp³-hybridized carbons (Fsp3) is 0.286. The molecule has 176 valence electrons. The summed E-state index contributed by atoms with van der Waals surface area (Å²) in [5.74, 6) is 0.0711. The van der Waals surface area contributed by atoms with Gasteiger partial charge in [0.05, 0.1) is 19.7 Å². The molecule has 1 fully saturated rings. The van der Waals surface area contributed by atoms with E-state index in [0.29, 0.717) is 11.3 Å². The molecule has 0 amide bonds. The number of hydrogen-bond donors (Lipinski definition) is 0. The largest absolute Gasteiger partial charge is 0.497 e. The zero-order valence-electron chi connectivity index (χ0n) is 19.4. The number of Topliss-reactive ketones (excluding diaryl/α,β-unsaturated/α-hetero) is 1. The Morgan fingerprint density at radius 3 is 1.88 bits per heavy atom. The summed E-state index contributed by atoms with van der Waals surface area (Å²) in [5, 5.41) is 0. The molecule has 0 radical (unpaired) electrons. The number of esters is 1. The smallest absolute Gasteiger partial charge is 0.320 e. The molecular formula is C28H30N2O4. The SMILES string of the molecule is COc1ccc(C(=O)COC(=O)CN2CCN(C(c3ccccc3)c3ccccc3)CC2)cc1. The average Bonchev–Trinajstić information content (AvgIpc) is 2.90. The van der Waals surface area contributed by atoms with E-state index in [1.807, 2.05) is 12.1 Å². The van der Waals surface area contributed by atoms with E-state index < -0.39 is 0 Å². The Bertz CT molecular complexity index is 1020. The number of rotatable bonds is 9. The maximum absolute atomic E-state index is 12.4. The van der Waals surface area contributed by atoms with Gasteiger partial charge in [-0.05, 0) is 35.4 Å². The normalized spacial score (nSPS) is 14.6. The van der Waals surface area contributed by atoms with Gasteiger partial charge in [0.15, 0.2) is 12.4 Å². The van der Waals surface area contributed by atoms with Gasteiger partial charge in [-0.3, -0.25) is 19.4 Å². The Balaban J connectivity index is 1.28. The highest BCUT2D eigenvalue weighted by molar-refractivity contribution is 5.98. The number of ether oxygens (including phenoxy) is 2. The van der Waals surface area contributed by atoms with E-state index in [9.17, 15) is 9.59 Å². The summed E-state index contributed by atoms with van der Waals surface area (Å²) in [6, 6.07) is 28.0. The van der Waals surface area contributed by atoms with Crippen LogP contribution in [0.15, 0.2) is 84.9 Å². The van der Waals surface area contributed by atoms with Gasteiger partial charge in [-0.25, -0.2) is 0 Å². The summed E-state index contributed by atoms with van der Waals surface area (Å²) in [6.45, 7) is 3.13. The summed E-state index contributed by atoms with van der Waals surface area (Å²) in [4.78, 5) is 29.2. The van der Waals surface area contributed by atoms with Gasteiger partial charge in [0.25, 0.3) is 0 Å². The third kappa shape index (κ3) is 6.10. The standard InChI is InChI=1S/C28H30N2O4/c1-33-25-14-12-22(13-15-25)26(31)21-34-27(32)20-29-16-18-30(19-17-29)28(23-8-4-2-5-9-23)24-10-6-3-7-11-24/h2-15,28H,16-21H2,1H3. The van der Waals surface area contributed by atoms with Crippen LogP contribution in [0.25, 0.3) is 0 Å². The maximum atomic E-state index is 12.4. The fourth-order valence-electron chi connectivity index (χ4n) is 4.30. The number of carbonyl (C=O) groups excluding carboxylic acids is 2. The molecule has 1 aliphatic heterocycles. The van der Waals surface area contributed by atoms with Gasteiger partial charge in [0, 0.05) is 31.7 Å². The number of nitrogens with zero attached hydrogens (tertiary/aromatic N) is 2. The maximum Gasteiger partial charge on any atom is 0.320 e. The van der Waals surface area contributed by atoms with Crippen molar-refractivity contribution in [3.63, 3.8) is 0 Å². The molecule has 0 N–H and O–H groups in total. The number of ketones is 1. The molecule has 0 bridgehead atoms. The van der Waals surface area contributed by atoms with E-state index in [0.717, 1.165) is 26.2 Å². The van der Waals surface area contributed by atoms with Crippen molar-refractivity contribution in [2.45, 2.75) is 6.04 Å². The Morgan fingerprint density at radius 2 is 1.35 bits per heavy atom. The van der Waals surface area contributed by atoms with Crippen LogP contribution in [0.2, 0.25) is 0 Å². The molecule has 0 aromatic heterocycles.